The van der Waals surface area contributed by atoms with Crippen LogP contribution in [0.25, 0.3) is 0 Å². The summed E-state index contributed by atoms with van der Waals surface area (Å²) in [5, 5.41) is 0. The summed E-state index contributed by atoms with van der Waals surface area (Å²) in [5.41, 5.74) is 0.148. The largest absolute Gasteiger partial charge is 0.377 e. The molecule has 1 saturated heterocycles. The molecule has 0 spiro atoms. The van der Waals surface area contributed by atoms with E-state index in [1.54, 1.807) is 0 Å². The second-order valence-electron chi connectivity index (χ2n) is 4.93. The zero-order valence-corrected chi connectivity index (χ0v) is 14.6. The van der Waals surface area contributed by atoms with Crippen molar-refractivity contribution in [3.05, 3.63) is 28.0 Å². The molecule has 1 aromatic carbocycles. The second-order valence-corrected chi connectivity index (χ2v) is 8.13. The first kappa shape index (κ1) is 17.1. The van der Waals surface area contributed by atoms with Gasteiger partial charge in [0.15, 0.2) is 0 Å². The molecule has 118 valence electrons. The summed E-state index contributed by atoms with van der Waals surface area (Å²) in [7, 11) is -2.49. The molecule has 4 nitrogen and oxygen atoms in total. The summed E-state index contributed by atoms with van der Waals surface area (Å²) in [5.74, 6) is -0.893. The molecule has 1 heterocycles. The van der Waals surface area contributed by atoms with Crippen LogP contribution in [0.2, 0.25) is 0 Å². The highest BCUT2D eigenvalue weighted by atomic mass is 79.9. The van der Waals surface area contributed by atoms with Crippen LogP contribution in [0.15, 0.2) is 21.5 Å². The number of nitrogens with zero attached hydrogens (tertiary/aromatic N) is 1. The van der Waals surface area contributed by atoms with Crippen molar-refractivity contribution in [2.75, 3.05) is 20.2 Å². The molecule has 1 aliphatic heterocycles. The Balaban J connectivity index is 2.32. The Labute approximate surface area is 137 Å². The minimum absolute atomic E-state index is 0.0940. The van der Waals surface area contributed by atoms with Gasteiger partial charge < -0.3 is 4.74 Å². The molecule has 0 N–H and O–H groups in total. The third kappa shape index (κ3) is 3.76. The monoisotopic (exact) mass is 399 g/mol. The van der Waals surface area contributed by atoms with E-state index in [9.17, 15) is 12.8 Å². The zero-order chi connectivity index (χ0) is 15.6. The summed E-state index contributed by atoms with van der Waals surface area (Å²) in [4.78, 5) is -0.368. The topological polar surface area (TPSA) is 46.6 Å². The number of rotatable bonds is 5. The minimum Gasteiger partial charge on any atom is -0.377 e. The SMILES string of the molecule is CN(CC1CCCO1)S(=O)(=O)c1cc(Br)cc(CCl)c1F. The van der Waals surface area contributed by atoms with E-state index >= 15 is 0 Å². The molecule has 1 aromatic rings. The molecule has 1 atom stereocenters. The first-order valence-electron chi connectivity index (χ1n) is 6.48. The van der Waals surface area contributed by atoms with Crippen molar-refractivity contribution in [1.29, 1.82) is 0 Å². The van der Waals surface area contributed by atoms with Gasteiger partial charge in [0.25, 0.3) is 0 Å². The van der Waals surface area contributed by atoms with Gasteiger partial charge in [-0.15, -0.1) is 11.6 Å². The van der Waals surface area contributed by atoms with Crippen LogP contribution in [0.4, 0.5) is 4.39 Å². The van der Waals surface area contributed by atoms with E-state index in [1.807, 2.05) is 0 Å². The predicted molar refractivity (Wildman–Crippen MR) is 82.4 cm³/mol. The lowest BCUT2D eigenvalue weighted by atomic mass is 10.2. The van der Waals surface area contributed by atoms with E-state index in [-0.39, 0.29) is 29.0 Å². The third-order valence-corrected chi connectivity index (χ3v) is 5.96. The van der Waals surface area contributed by atoms with Crippen molar-refractivity contribution < 1.29 is 17.5 Å². The molecule has 0 radical (unpaired) electrons. The van der Waals surface area contributed by atoms with Gasteiger partial charge in [-0.2, -0.15) is 4.31 Å². The lowest BCUT2D eigenvalue weighted by Gasteiger charge is -2.21. The fourth-order valence-electron chi connectivity index (χ4n) is 2.24. The molecular weight excluding hydrogens is 385 g/mol. The van der Waals surface area contributed by atoms with Crippen LogP contribution in [-0.4, -0.2) is 39.0 Å². The molecule has 21 heavy (non-hydrogen) atoms. The van der Waals surface area contributed by atoms with Crippen molar-refractivity contribution in [3.63, 3.8) is 0 Å². The molecule has 8 heteroatoms. The number of likely N-dealkylation sites (N-methyl/N-ethyl adjacent to an activating group) is 1. The van der Waals surface area contributed by atoms with Crippen LogP contribution in [0.1, 0.15) is 18.4 Å². The van der Waals surface area contributed by atoms with Gasteiger partial charge in [-0.25, -0.2) is 12.8 Å². The Kier molecular flexibility index (Phi) is 5.65. The number of halogens is 3. The van der Waals surface area contributed by atoms with Crippen LogP contribution >= 0.6 is 27.5 Å². The van der Waals surface area contributed by atoms with E-state index in [1.165, 1.54) is 19.2 Å². The normalized spacial score (nSPS) is 19.4. The van der Waals surface area contributed by atoms with Crippen LogP contribution in [0, 0.1) is 5.82 Å². The van der Waals surface area contributed by atoms with E-state index < -0.39 is 15.8 Å². The fourth-order valence-corrected chi connectivity index (χ4v) is 4.43. The van der Waals surface area contributed by atoms with Gasteiger partial charge >= 0.3 is 0 Å². The molecule has 1 unspecified atom stereocenters. The number of hydrogen-bond acceptors (Lipinski definition) is 3. The molecule has 1 aliphatic rings. The maximum Gasteiger partial charge on any atom is 0.245 e. The Morgan fingerprint density at radius 2 is 2.24 bits per heavy atom. The number of alkyl halides is 1. The molecule has 0 saturated carbocycles. The van der Waals surface area contributed by atoms with Gasteiger partial charge in [0.05, 0.1) is 12.0 Å². The van der Waals surface area contributed by atoms with Crippen molar-refractivity contribution in [2.45, 2.75) is 29.7 Å². The van der Waals surface area contributed by atoms with Crippen LogP contribution in [-0.2, 0) is 20.6 Å². The quantitative estimate of drug-likeness (QED) is 0.714. The Bertz CT molecular complexity index is 620. The molecule has 0 bridgehead atoms. The second kappa shape index (κ2) is 6.91. The van der Waals surface area contributed by atoms with Crippen molar-refractivity contribution in [3.8, 4) is 0 Å². The third-order valence-electron chi connectivity index (χ3n) is 3.40. The zero-order valence-electron chi connectivity index (χ0n) is 11.5. The maximum absolute atomic E-state index is 14.3. The van der Waals surface area contributed by atoms with E-state index in [2.05, 4.69) is 15.9 Å². The van der Waals surface area contributed by atoms with Crippen LogP contribution in [0.3, 0.4) is 0 Å². The standard InChI is InChI=1S/C13H16BrClFNO3S/c1-17(8-11-3-2-4-20-11)21(18,19)12-6-10(14)5-9(7-15)13(12)16/h5-6,11H,2-4,7-8H2,1H3. The lowest BCUT2D eigenvalue weighted by Crippen LogP contribution is -2.34. The minimum atomic E-state index is -3.92. The Morgan fingerprint density at radius 1 is 1.52 bits per heavy atom. The van der Waals surface area contributed by atoms with Crippen LogP contribution in [0.5, 0.6) is 0 Å². The van der Waals surface area contributed by atoms with E-state index in [4.69, 9.17) is 16.3 Å². The summed E-state index contributed by atoms with van der Waals surface area (Å²) in [6, 6.07) is 2.73. The smallest absolute Gasteiger partial charge is 0.245 e. The van der Waals surface area contributed by atoms with Crippen molar-refractivity contribution in [1.82, 2.24) is 4.31 Å². The average molecular weight is 401 g/mol. The highest BCUT2D eigenvalue weighted by Crippen LogP contribution is 2.27. The van der Waals surface area contributed by atoms with Gasteiger partial charge in [-0.1, -0.05) is 15.9 Å². The Hall–Kier alpha value is -0.210. The number of benzene rings is 1. The lowest BCUT2D eigenvalue weighted by molar-refractivity contribution is 0.0978. The van der Waals surface area contributed by atoms with Gasteiger partial charge in [0, 0.05) is 30.2 Å². The van der Waals surface area contributed by atoms with Gasteiger partial charge in [0.1, 0.15) is 10.7 Å². The molecule has 0 aromatic heterocycles. The first-order valence-corrected chi connectivity index (χ1v) is 9.25. The molecule has 0 aliphatic carbocycles. The van der Waals surface area contributed by atoms with Gasteiger partial charge in [0.2, 0.25) is 10.0 Å². The van der Waals surface area contributed by atoms with Gasteiger partial charge in [-0.3, -0.25) is 0 Å². The first-order chi connectivity index (χ1) is 9.86. The number of ether oxygens (including phenoxy) is 1. The number of hydrogen-bond donors (Lipinski definition) is 0. The Morgan fingerprint density at radius 3 is 2.81 bits per heavy atom. The van der Waals surface area contributed by atoms with Crippen molar-refractivity contribution >= 4 is 37.6 Å². The van der Waals surface area contributed by atoms with Crippen molar-refractivity contribution in [2.24, 2.45) is 0 Å². The highest BCUT2D eigenvalue weighted by Gasteiger charge is 2.29. The van der Waals surface area contributed by atoms with Gasteiger partial charge in [-0.05, 0) is 25.0 Å². The maximum atomic E-state index is 14.3. The molecule has 2 rings (SSSR count). The molecule has 0 amide bonds. The van der Waals surface area contributed by atoms with E-state index in [0.29, 0.717) is 11.1 Å². The summed E-state index contributed by atoms with van der Waals surface area (Å²) < 4.78 is 46.4. The molecule has 1 fully saturated rings. The highest BCUT2D eigenvalue weighted by molar-refractivity contribution is 9.10. The summed E-state index contributed by atoms with van der Waals surface area (Å²) in [6.07, 6.45) is 1.60. The average Bonchev–Trinajstić information content (AvgIpc) is 2.93. The molecular formula is C13H16BrClFNO3S. The van der Waals surface area contributed by atoms with E-state index in [0.717, 1.165) is 17.1 Å². The van der Waals surface area contributed by atoms with Crippen LogP contribution < -0.4 is 0 Å². The summed E-state index contributed by atoms with van der Waals surface area (Å²) in [6.45, 7) is 0.852. The predicted octanol–water partition coefficient (Wildman–Crippen LogP) is 3.13. The number of sulfonamides is 1. The summed E-state index contributed by atoms with van der Waals surface area (Å²) >= 11 is 8.84. The fraction of sp³-hybridized carbons (Fsp3) is 0.538.